The minimum absolute atomic E-state index is 0.350. The summed E-state index contributed by atoms with van der Waals surface area (Å²) in [5.41, 5.74) is 0. The van der Waals surface area contributed by atoms with Gasteiger partial charge in [0, 0.05) is 6.20 Å². The van der Waals surface area contributed by atoms with Crippen LogP contribution in [0.25, 0.3) is 0 Å². The van der Waals surface area contributed by atoms with Crippen molar-refractivity contribution in [3.05, 3.63) is 11.6 Å². The standard InChI is InChI=1S/C3H2ClNO2S/c4-3-5-1-2-8(3,6)7/h1-2H. The quantitative estimate of drug-likeness (QED) is 0.506. The molecule has 1 aliphatic rings. The Balaban J connectivity index is 3.26. The van der Waals surface area contributed by atoms with Crippen molar-refractivity contribution in [1.29, 1.82) is 0 Å². The Hall–Kier alpha value is -0.350. The largest absolute Gasteiger partial charge is 0.232 e. The molecule has 0 unspecified atom stereocenters. The lowest BCUT2D eigenvalue weighted by atomic mass is 11.1. The second kappa shape index (κ2) is 1.56. The fraction of sp³-hybridized carbons (Fsp3) is 0. The Bertz CT molecular complexity index is 250. The minimum Gasteiger partial charge on any atom is -0.232 e. The predicted molar refractivity (Wildman–Crippen MR) is 31.3 cm³/mol. The molecule has 8 heavy (non-hydrogen) atoms. The number of aliphatic imine (C=N–C) groups is 1. The number of sulfone groups is 1. The molecule has 0 spiro atoms. The van der Waals surface area contributed by atoms with Gasteiger partial charge in [0.2, 0.25) is 14.3 Å². The zero-order chi connectivity index (χ0) is 6.20. The van der Waals surface area contributed by atoms with Crippen LogP contribution < -0.4 is 0 Å². The van der Waals surface area contributed by atoms with E-state index >= 15 is 0 Å². The predicted octanol–water partition coefficient (Wildman–Crippen LogP) is 0.481. The lowest BCUT2D eigenvalue weighted by Crippen LogP contribution is -1.98. The van der Waals surface area contributed by atoms with E-state index in [0.717, 1.165) is 11.6 Å². The third-order valence-electron chi connectivity index (χ3n) is 0.651. The normalized spacial score (nSPS) is 23.4. The van der Waals surface area contributed by atoms with Gasteiger partial charge < -0.3 is 0 Å². The Morgan fingerprint density at radius 2 is 2.25 bits per heavy atom. The van der Waals surface area contributed by atoms with Crippen molar-refractivity contribution in [2.45, 2.75) is 0 Å². The van der Waals surface area contributed by atoms with E-state index in [9.17, 15) is 8.42 Å². The molecular formula is C3H2ClNO2S. The Kier molecular flexibility index (Phi) is 1.13. The molecule has 1 rings (SSSR count). The van der Waals surface area contributed by atoms with Crippen molar-refractivity contribution in [3.8, 4) is 0 Å². The van der Waals surface area contributed by atoms with Gasteiger partial charge in [0.25, 0.3) is 0 Å². The molecule has 0 aromatic carbocycles. The van der Waals surface area contributed by atoms with Gasteiger partial charge in [-0.1, -0.05) is 0 Å². The van der Waals surface area contributed by atoms with Gasteiger partial charge >= 0.3 is 0 Å². The molecule has 0 aliphatic carbocycles. The molecule has 0 amide bonds. The third-order valence-corrected chi connectivity index (χ3v) is 2.45. The maximum absolute atomic E-state index is 10.4. The van der Waals surface area contributed by atoms with Crippen molar-refractivity contribution in [3.63, 3.8) is 0 Å². The molecule has 1 aliphatic heterocycles. The minimum atomic E-state index is -3.29. The SMILES string of the molecule is O=S1(=O)C=CN=C1Cl. The molecule has 5 heteroatoms. The van der Waals surface area contributed by atoms with Gasteiger partial charge in [0.1, 0.15) is 0 Å². The smallest absolute Gasteiger partial charge is 0.229 e. The zero-order valence-electron chi connectivity index (χ0n) is 3.70. The topological polar surface area (TPSA) is 46.5 Å². The first-order valence-corrected chi connectivity index (χ1v) is 3.70. The van der Waals surface area contributed by atoms with E-state index in [4.69, 9.17) is 11.6 Å². The zero-order valence-corrected chi connectivity index (χ0v) is 5.28. The summed E-state index contributed by atoms with van der Waals surface area (Å²) in [6, 6.07) is 0. The summed E-state index contributed by atoms with van der Waals surface area (Å²) in [6.45, 7) is 0. The van der Waals surface area contributed by atoms with Gasteiger partial charge in [0.05, 0.1) is 5.41 Å². The monoisotopic (exact) mass is 151 g/mol. The molecule has 44 valence electrons. The Morgan fingerprint density at radius 3 is 2.38 bits per heavy atom. The van der Waals surface area contributed by atoms with E-state index in [1.165, 1.54) is 0 Å². The summed E-state index contributed by atoms with van der Waals surface area (Å²) < 4.78 is 20.5. The molecule has 0 fully saturated rings. The highest BCUT2D eigenvalue weighted by atomic mass is 35.5. The van der Waals surface area contributed by atoms with Crippen molar-refractivity contribution in [1.82, 2.24) is 0 Å². The van der Waals surface area contributed by atoms with Gasteiger partial charge in [-0.05, 0) is 11.6 Å². The number of nitrogens with zero attached hydrogens (tertiary/aromatic N) is 1. The van der Waals surface area contributed by atoms with Crippen molar-refractivity contribution < 1.29 is 8.42 Å². The average Bonchev–Trinajstić information content (AvgIpc) is 1.86. The van der Waals surface area contributed by atoms with E-state index in [0.29, 0.717) is 0 Å². The van der Waals surface area contributed by atoms with Crippen LogP contribution in [-0.2, 0) is 9.84 Å². The van der Waals surface area contributed by atoms with Gasteiger partial charge in [0.15, 0.2) is 0 Å². The van der Waals surface area contributed by atoms with Gasteiger partial charge in [-0.15, -0.1) is 0 Å². The van der Waals surface area contributed by atoms with Gasteiger partial charge in [-0.2, -0.15) is 0 Å². The summed E-state index contributed by atoms with van der Waals surface area (Å²) in [5.74, 6) is 0. The fourth-order valence-electron chi connectivity index (χ4n) is 0.299. The Morgan fingerprint density at radius 1 is 1.62 bits per heavy atom. The van der Waals surface area contributed by atoms with Gasteiger partial charge in [-0.3, -0.25) is 0 Å². The van der Waals surface area contributed by atoms with Crippen LogP contribution >= 0.6 is 11.6 Å². The van der Waals surface area contributed by atoms with Crippen LogP contribution in [0.2, 0.25) is 0 Å². The first kappa shape index (κ1) is 5.78. The number of halogens is 1. The molecule has 0 aromatic heterocycles. The molecule has 3 nitrogen and oxygen atoms in total. The number of rotatable bonds is 0. The summed E-state index contributed by atoms with van der Waals surface area (Å²) in [4.78, 5) is 3.30. The van der Waals surface area contributed by atoms with Crippen LogP contribution in [0.3, 0.4) is 0 Å². The molecule has 0 atom stereocenters. The molecule has 0 saturated carbocycles. The highest BCUT2D eigenvalue weighted by molar-refractivity contribution is 8.12. The first-order chi connectivity index (χ1) is 3.63. The van der Waals surface area contributed by atoms with Crippen LogP contribution in [-0.4, -0.2) is 12.9 Å². The molecule has 0 radical (unpaired) electrons. The second-order valence-corrected chi connectivity index (χ2v) is 3.54. The van der Waals surface area contributed by atoms with Crippen molar-refractivity contribution >= 4 is 25.9 Å². The van der Waals surface area contributed by atoms with E-state index < -0.39 is 9.84 Å². The van der Waals surface area contributed by atoms with E-state index in [-0.39, 0.29) is 4.50 Å². The van der Waals surface area contributed by atoms with Crippen LogP contribution in [0.5, 0.6) is 0 Å². The first-order valence-electron chi connectivity index (χ1n) is 1.78. The van der Waals surface area contributed by atoms with Crippen LogP contribution in [0.15, 0.2) is 16.6 Å². The molecule has 1 heterocycles. The summed E-state index contributed by atoms with van der Waals surface area (Å²) in [6.07, 6.45) is 1.15. The van der Waals surface area contributed by atoms with Crippen LogP contribution in [0, 0.1) is 0 Å². The van der Waals surface area contributed by atoms with Crippen LogP contribution in [0.4, 0.5) is 0 Å². The molecule has 0 aromatic rings. The number of hydrogen-bond acceptors (Lipinski definition) is 3. The van der Waals surface area contributed by atoms with E-state index in [1.807, 2.05) is 0 Å². The summed E-state index contributed by atoms with van der Waals surface area (Å²) in [5, 5.41) is 0.954. The van der Waals surface area contributed by atoms with Crippen molar-refractivity contribution in [2.75, 3.05) is 0 Å². The van der Waals surface area contributed by atoms with E-state index in [2.05, 4.69) is 4.99 Å². The molecule has 0 N–H and O–H groups in total. The number of hydrogen-bond donors (Lipinski definition) is 0. The summed E-state index contributed by atoms with van der Waals surface area (Å²) >= 11 is 5.10. The lowest BCUT2D eigenvalue weighted by molar-refractivity contribution is 0.616. The molecular weight excluding hydrogens is 150 g/mol. The maximum atomic E-state index is 10.4. The average molecular weight is 152 g/mol. The second-order valence-electron chi connectivity index (χ2n) is 1.21. The van der Waals surface area contributed by atoms with Gasteiger partial charge in [-0.25, -0.2) is 13.4 Å². The van der Waals surface area contributed by atoms with Crippen LogP contribution in [0.1, 0.15) is 0 Å². The molecule has 0 saturated heterocycles. The third kappa shape index (κ3) is 0.763. The Labute approximate surface area is 51.6 Å². The van der Waals surface area contributed by atoms with E-state index in [1.54, 1.807) is 0 Å². The lowest BCUT2D eigenvalue weighted by Gasteiger charge is -1.81. The highest BCUT2D eigenvalue weighted by Gasteiger charge is 2.16. The highest BCUT2D eigenvalue weighted by Crippen LogP contribution is 2.08. The maximum Gasteiger partial charge on any atom is 0.229 e. The van der Waals surface area contributed by atoms with Crippen molar-refractivity contribution in [2.24, 2.45) is 4.99 Å². The summed E-state index contributed by atoms with van der Waals surface area (Å²) in [7, 11) is -3.29. The molecule has 0 bridgehead atoms. The fourth-order valence-corrected chi connectivity index (χ4v) is 1.05.